The van der Waals surface area contributed by atoms with Crippen LogP contribution in [0, 0.1) is 12.8 Å². The summed E-state index contributed by atoms with van der Waals surface area (Å²) in [6.45, 7) is 10.1. The summed E-state index contributed by atoms with van der Waals surface area (Å²) in [5.74, 6) is 0.791. The smallest absolute Gasteiger partial charge is 0.0386 e. The molecule has 1 heterocycles. The summed E-state index contributed by atoms with van der Waals surface area (Å²) in [7, 11) is 0. The number of rotatable bonds is 5. The molecule has 1 atom stereocenters. The van der Waals surface area contributed by atoms with Crippen LogP contribution in [0.3, 0.4) is 0 Å². The Morgan fingerprint density at radius 2 is 2.00 bits per heavy atom. The van der Waals surface area contributed by atoms with Gasteiger partial charge in [-0.05, 0) is 44.9 Å². The SMILES string of the molecule is Cc1ccc([C@H](C)NCCC(C)C)s1. The van der Waals surface area contributed by atoms with Crippen LogP contribution in [-0.2, 0) is 0 Å². The second kappa shape index (κ2) is 5.52. The summed E-state index contributed by atoms with van der Waals surface area (Å²) >= 11 is 1.89. The van der Waals surface area contributed by atoms with Gasteiger partial charge in [0.1, 0.15) is 0 Å². The van der Waals surface area contributed by atoms with E-state index in [1.807, 2.05) is 11.3 Å². The number of hydrogen-bond acceptors (Lipinski definition) is 2. The molecule has 0 aliphatic rings. The topological polar surface area (TPSA) is 12.0 Å². The maximum Gasteiger partial charge on any atom is 0.0386 e. The summed E-state index contributed by atoms with van der Waals surface area (Å²) in [6, 6.07) is 4.93. The molecule has 0 amide bonds. The molecule has 0 aromatic carbocycles. The summed E-state index contributed by atoms with van der Waals surface area (Å²) in [4.78, 5) is 2.85. The van der Waals surface area contributed by atoms with Gasteiger partial charge in [-0.3, -0.25) is 0 Å². The first-order valence-corrected chi connectivity index (χ1v) is 6.21. The highest BCUT2D eigenvalue weighted by Crippen LogP contribution is 2.22. The highest BCUT2D eigenvalue weighted by atomic mass is 32.1. The minimum atomic E-state index is 0.507. The highest BCUT2D eigenvalue weighted by Gasteiger charge is 2.06. The van der Waals surface area contributed by atoms with Gasteiger partial charge in [0, 0.05) is 15.8 Å². The van der Waals surface area contributed by atoms with Gasteiger partial charge in [-0.15, -0.1) is 11.3 Å². The van der Waals surface area contributed by atoms with E-state index in [1.165, 1.54) is 16.2 Å². The molecule has 0 spiro atoms. The molecule has 14 heavy (non-hydrogen) atoms. The Balaban J connectivity index is 2.32. The fourth-order valence-electron chi connectivity index (χ4n) is 1.38. The van der Waals surface area contributed by atoms with Crippen LogP contribution in [0.2, 0.25) is 0 Å². The van der Waals surface area contributed by atoms with Gasteiger partial charge in [-0.1, -0.05) is 13.8 Å². The molecule has 0 unspecified atom stereocenters. The lowest BCUT2D eigenvalue weighted by Crippen LogP contribution is -2.20. The minimum Gasteiger partial charge on any atom is -0.309 e. The molecule has 2 heteroatoms. The zero-order chi connectivity index (χ0) is 10.6. The Kier molecular flexibility index (Phi) is 4.63. The van der Waals surface area contributed by atoms with Gasteiger partial charge in [-0.2, -0.15) is 0 Å². The first kappa shape index (κ1) is 11.7. The van der Waals surface area contributed by atoms with Crippen molar-refractivity contribution < 1.29 is 0 Å². The van der Waals surface area contributed by atoms with Gasteiger partial charge in [0.25, 0.3) is 0 Å². The van der Waals surface area contributed by atoms with Gasteiger partial charge in [0.2, 0.25) is 0 Å². The fourth-order valence-corrected chi connectivity index (χ4v) is 2.28. The van der Waals surface area contributed by atoms with E-state index in [2.05, 4.69) is 45.1 Å². The Morgan fingerprint density at radius 3 is 2.50 bits per heavy atom. The Hall–Kier alpha value is -0.340. The van der Waals surface area contributed by atoms with Crippen LogP contribution in [-0.4, -0.2) is 6.54 Å². The van der Waals surface area contributed by atoms with Crippen molar-refractivity contribution in [2.75, 3.05) is 6.54 Å². The Morgan fingerprint density at radius 1 is 1.29 bits per heavy atom. The average molecular weight is 211 g/mol. The second-order valence-corrected chi connectivity index (χ2v) is 5.63. The number of thiophene rings is 1. The Bertz CT molecular complexity index is 265. The lowest BCUT2D eigenvalue weighted by atomic mass is 10.1. The van der Waals surface area contributed by atoms with Crippen molar-refractivity contribution in [2.24, 2.45) is 5.92 Å². The fraction of sp³-hybridized carbons (Fsp3) is 0.667. The van der Waals surface area contributed by atoms with E-state index in [1.54, 1.807) is 0 Å². The summed E-state index contributed by atoms with van der Waals surface area (Å²) < 4.78 is 0. The third-order valence-corrected chi connectivity index (χ3v) is 3.54. The van der Waals surface area contributed by atoms with E-state index in [0.717, 1.165) is 12.5 Å². The second-order valence-electron chi connectivity index (χ2n) is 4.31. The zero-order valence-electron chi connectivity index (χ0n) is 9.63. The van der Waals surface area contributed by atoms with Crippen molar-refractivity contribution >= 4 is 11.3 Å². The first-order chi connectivity index (χ1) is 6.59. The molecule has 0 fully saturated rings. The first-order valence-electron chi connectivity index (χ1n) is 5.39. The molecule has 1 aromatic rings. The van der Waals surface area contributed by atoms with Crippen molar-refractivity contribution in [2.45, 2.75) is 40.2 Å². The molecular weight excluding hydrogens is 190 g/mol. The van der Waals surface area contributed by atoms with Gasteiger partial charge in [0.15, 0.2) is 0 Å². The summed E-state index contributed by atoms with van der Waals surface area (Å²) in [5, 5.41) is 3.55. The molecule has 0 aliphatic carbocycles. The predicted octanol–water partition coefficient (Wildman–Crippen LogP) is 3.75. The molecule has 1 rings (SSSR count). The van der Waals surface area contributed by atoms with Gasteiger partial charge in [0.05, 0.1) is 0 Å². The van der Waals surface area contributed by atoms with E-state index in [9.17, 15) is 0 Å². The molecule has 1 N–H and O–H groups in total. The summed E-state index contributed by atoms with van der Waals surface area (Å²) in [6.07, 6.45) is 1.26. The van der Waals surface area contributed by atoms with Crippen LogP contribution < -0.4 is 5.32 Å². The lowest BCUT2D eigenvalue weighted by molar-refractivity contribution is 0.500. The number of aryl methyl sites for hydroxylation is 1. The molecule has 1 nitrogen and oxygen atoms in total. The van der Waals surface area contributed by atoms with Crippen molar-refractivity contribution in [3.63, 3.8) is 0 Å². The third kappa shape index (κ3) is 3.81. The van der Waals surface area contributed by atoms with Crippen LogP contribution in [0.1, 0.15) is 43.0 Å². The van der Waals surface area contributed by atoms with E-state index in [0.29, 0.717) is 6.04 Å². The van der Waals surface area contributed by atoms with Crippen LogP contribution >= 0.6 is 11.3 Å². The van der Waals surface area contributed by atoms with Crippen molar-refractivity contribution in [3.05, 3.63) is 21.9 Å². The predicted molar refractivity (Wildman–Crippen MR) is 64.9 cm³/mol. The number of nitrogens with one attached hydrogen (secondary N) is 1. The van der Waals surface area contributed by atoms with Crippen molar-refractivity contribution in [1.82, 2.24) is 5.32 Å². The maximum atomic E-state index is 3.55. The molecule has 1 aromatic heterocycles. The third-order valence-electron chi connectivity index (χ3n) is 2.36. The van der Waals surface area contributed by atoms with E-state index in [4.69, 9.17) is 0 Å². The molecule has 0 aliphatic heterocycles. The monoisotopic (exact) mass is 211 g/mol. The maximum absolute atomic E-state index is 3.55. The number of hydrogen-bond donors (Lipinski definition) is 1. The minimum absolute atomic E-state index is 0.507. The average Bonchev–Trinajstić information content (AvgIpc) is 2.51. The highest BCUT2D eigenvalue weighted by molar-refractivity contribution is 7.12. The zero-order valence-corrected chi connectivity index (χ0v) is 10.4. The summed E-state index contributed by atoms with van der Waals surface area (Å²) in [5.41, 5.74) is 0. The molecule has 0 radical (unpaired) electrons. The quantitative estimate of drug-likeness (QED) is 0.782. The molecule has 0 saturated heterocycles. The van der Waals surface area contributed by atoms with Crippen molar-refractivity contribution in [1.29, 1.82) is 0 Å². The van der Waals surface area contributed by atoms with E-state index < -0.39 is 0 Å². The molecule has 0 saturated carbocycles. The van der Waals surface area contributed by atoms with Gasteiger partial charge < -0.3 is 5.32 Å². The lowest BCUT2D eigenvalue weighted by Gasteiger charge is -2.12. The van der Waals surface area contributed by atoms with E-state index in [-0.39, 0.29) is 0 Å². The van der Waals surface area contributed by atoms with Crippen LogP contribution in [0.25, 0.3) is 0 Å². The Labute approximate surface area is 91.5 Å². The van der Waals surface area contributed by atoms with Crippen LogP contribution in [0.5, 0.6) is 0 Å². The van der Waals surface area contributed by atoms with Gasteiger partial charge >= 0.3 is 0 Å². The standard InChI is InChI=1S/C12H21NS/c1-9(2)7-8-13-11(4)12-6-5-10(3)14-12/h5-6,9,11,13H,7-8H2,1-4H3/t11-/m0/s1. The molecule has 0 bridgehead atoms. The molecular formula is C12H21NS. The normalized spacial score (nSPS) is 13.5. The van der Waals surface area contributed by atoms with Crippen LogP contribution in [0.4, 0.5) is 0 Å². The largest absolute Gasteiger partial charge is 0.309 e. The van der Waals surface area contributed by atoms with Crippen LogP contribution in [0.15, 0.2) is 12.1 Å². The van der Waals surface area contributed by atoms with Crippen molar-refractivity contribution in [3.8, 4) is 0 Å². The molecule has 80 valence electrons. The van der Waals surface area contributed by atoms with E-state index >= 15 is 0 Å². The van der Waals surface area contributed by atoms with Gasteiger partial charge in [-0.25, -0.2) is 0 Å².